The van der Waals surface area contributed by atoms with E-state index in [0.29, 0.717) is 11.4 Å². The molecule has 0 aliphatic rings. The van der Waals surface area contributed by atoms with Crippen LogP contribution in [0.4, 0.5) is 5.69 Å². The summed E-state index contributed by atoms with van der Waals surface area (Å²) in [5.41, 5.74) is 6.63. The number of hydrogen-bond acceptors (Lipinski definition) is 3. The molecule has 7 heteroatoms. The van der Waals surface area contributed by atoms with Crippen LogP contribution in [0.3, 0.4) is 0 Å². The van der Waals surface area contributed by atoms with E-state index < -0.39 is 5.91 Å². The van der Waals surface area contributed by atoms with Crippen molar-refractivity contribution in [1.29, 1.82) is 0 Å². The Bertz CT molecular complexity index is 819. The van der Waals surface area contributed by atoms with Crippen molar-refractivity contribution in [1.82, 2.24) is 0 Å². The zero-order valence-electron chi connectivity index (χ0n) is 12.7. The first-order chi connectivity index (χ1) is 11.4. The third-order valence-corrected chi connectivity index (χ3v) is 4.15. The van der Waals surface area contributed by atoms with Gasteiger partial charge in [-0.1, -0.05) is 28.1 Å². The minimum atomic E-state index is -0.604. The second-order valence-corrected chi connectivity index (χ2v) is 6.51. The van der Waals surface area contributed by atoms with Gasteiger partial charge in [-0.3, -0.25) is 9.59 Å². The van der Waals surface area contributed by atoms with Gasteiger partial charge in [-0.15, -0.1) is 0 Å². The molecule has 0 spiro atoms. The SMILES string of the molecule is COc1c(Br)cc(Br)cc1C=CC(=O)Nc1ccccc1C(N)=O. The van der Waals surface area contributed by atoms with E-state index in [1.807, 2.05) is 12.1 Å². The molecule has 0 atom stereocenters. The number of methoxy groups -OCH3 is 1. The third kappa shape index (κ3) is 4.46. The van der Waals surface area contributed by atoms with Gasteiger partial charge in [-0.25, -0.2) is 0 Å². The lowest BCUT2D eigenvalue weighted by molar-refractivity contribution is -0.111. The van der Waals surface area contributed by atoms with Crippen molar-refractivity contribution in [3.8, 4) is 5.75 Å². The minimum absolute atomic E-state index is 0.252. The molecule has 0 aliphatic carbocycles. The molecule has 124 valence electrons. The number of nitrogens with two attached hydrogens (primary N) is 1. The molecule has 2 aromatic carbocycles. The van der Waals surface area contributed by atoms with Gasteiger partial charge in [0.05, 0.1) is 22.8 Å². The van der Waals surface area contributed by atoms with Crippen molar-refractivity contribution in [2.24, 2.45) is 5.73 Å². The van der Waals surface area contributed by atoms with E-state index >= 15 is 0 Å². The van der Waals surface area contributed by atoms with Crippen LogP contribution in [-0.2, 0) is 4.79 Å². The summed E-state index contributed by atoms with van der Waals surface area (Å²) in [5.74, 6) is -0.380. The first kappa shape index (κ1) is 18.2. The average Bonchev–Trinajstić information content (AvgIpc) is 2.52. The molecular formula is C17H14Br2N2O3. The lowest BCUT2D eigenvalue weighted by Gasteiger charge is -2.09. The summed E-state index contributed by atoms with van der Waals surface area (Å²) in [7, 11) is 1.55. The molecule has 0 unspecified atom stereocenters. The summed E-state index contributed by atoms with van der Waals surface area (Å²) in [6.45, 7) is 0. The van der Waals surface area contributed by atoms with Crippen LogP contribution in [-0.4, -0.2) is 18.9 Å². The number of carbonyl (C=O) groups excluding carboxylic acids is 2. The normalized spacial score (nSPS) is 10.6. The van der Waals surface area contributed by atoms with Gasteiger partial charge in [0.25, 0.3) is 5.91 Å². The van der Waals surface area contributed by atoms with Crippen molar-refractivity contribution in [2.45, 2.75) is 0 Å². The molecule has 0 fully saturated rings. The predicted molar refractivity (Wildman–Crippen MR) is 101 cm³/mol. The maximum absolute atomic E-state index is 12.1. The molecule has 2 amide bonds. The average molecular weight is 454 g/mol. The molecule has 0 bridgehead atoms. The fourth-order valence-corrected chi connectivity index (χ4v) is 3.49. The largest absolute Gasteiger partial charge is 0.495 e. The number of nitrogens with one attached hydrogen (secondary N) is 1. The van der Waals surface area contributed by atoms with E-state index in [0.717, 1.165) is 14.5 Å². The minimum Gasteiger partial charge on any atom is -0.495 e. The number of carbonyl (C=O) groups is 2. The fraction of sp³-hybridized carbons (Fsp3) is 0.0588. The fourth-order valence-electron chi connectivity index (χ4n) is 2.07. The van der Waals surface area contributed by atoms with Crippen LogP contribution < -0.4 is 15.8 Å². The highest BCUT2D eigenvalue weighted by atomic mass is 79.9. The van der Waals surface area contributed by atoms with Crippen LogP contribution >= 0.6 is 31.9 Å². The number of hydrogen-bond donors (Lipinski definition) is 2. The first-order valence-corrected chi connectivity index (χ1v) is 8.42. The van der Waals surface area contributed by atoms with Gasteiger partial charge < -0.3 is 15.8 Å². The van der Waals surface area contributed by atoms with Gasteiger partial charge in [0.1, 0.15) is 5.75 Å². The van der Waals surface area contributed by atoms with Crippen LogP contribution in [0.15, 0.2) is 51.4 Å². The van der Waals surface area contributed by atoms with E-state index in [9.17, 15) is 9.59 Å². The highest BCUT2D eigenvalue weighted by Crippen LogP contribution is 2.33. The second-order valence-electron chi connectivity index (χ2n) is 4.74. The Hall–Kier alpha value is -2.12. The van der Waals surface area contributed by atoms with E-state index in [2.05, 4.69) is 37.2 Å². The van der Waals surface area contributed by atoms with Gasteiger partial charge in [-0.2, -0.15) is 0 Å². The third-order valence-electron chi connectivity index (χ3n) is 3.11. The van der Waals surface area contributed by atoms with Gasteiger partial charge >= 0.3 is 0 Å². The monoisotopic (exact) mass is 452 g/mol. The highest BCUT2D eigenvalue weighted by molar-refractivity contribution is 9.11. The summed E-state index contributed by atoms with van der Waals surface area (Å²) in [6.07, 6.45) is 2.98. The topological polar surface area (TPSA) is 81.4 Å². The highest BCUT2D eigenvalue weighted by Gasteiger charge is 2.10. The molecule has 0 aliphatic heterocycles. The molecule has 2 rings (SSSR count). The lowest BCUT2D eigenvalue weighted by atomic mass is 10.1. The Labute approximate surface area is 156 Å². The molecule has 3 N–H and O–H groups in total. The quantitative estimate of drug-likeness (QED) is 0.672. The Kier molecular flexibility index (Phi) is 6.16. The maximum Gasteiger partial charge on any atom is 0.250 e. The summed E-state index contributed by atoms with van der Waals surface area (Å²) in [4.78, 5) is 23.5. The molecule has 5 nitrogen and oxygen atoms in total. The number of ether oxygens (including phenoxy) is 1. The Morgan fingerprint density at radius 2 is 1.92 bits per heavy atom. The van der Waals surface area contributed by atoms with E-state index in [-0.39, 0.29) is 11.5 Å². The molecule has 0 radical (unpaired) electrons. The summed E-state index contributed by atoms with van der Waals surface area (Å²) in [6, 6.07) is 10.2. The Balaban J connectivity index is 2.22. The standard InChI is InChI=1S/C17H14Br2N2O3/c1-24-16-10(8-11(18)9-13(16)19)6-7-15(22)21-14-5-3-2-4-12(14)17(20)23/h2-9H,1H3,(H2,20,23)(H,21,22). The van der Waals surface area contributed by atoms with Crippen molar-refractivity contribution < 1.29 is 14.3 Å². The Morgan fingerprint density at radius 3 is 2.58 bits per heavy atom. The smallest absolute Gasteiger partial charge is 0.250 e. The van der Waals surface area contributed by atoms with Crippen molar-refractivity contribution in [3.63, 3.8) is 0 Å². The molecule has 0 aromatic heterocycles. The van der Waals surface area contributed by atoms with Gasteiger partial charge in [0.2, 0.25) is 5.91 Å². The van der Waals surface area contributed by atoms with E-state index in [4.69, 9.17) is 10.5 Å². The van der Waals surface area contributed by atoms with Gasteiger partial charge in [-0.05, 0) is 46.3 Å². The van der Waals surface area contributed by atoms with E-state index in [1.165, 1.54) is 6.08 Å². The van der Waals surface area contributed by atoms with Crippen LogP contribution in [0.25, 0.3) is 6.08 Å². The number of amides is 2. The summed E-state index contributed by atoms with van der Waals surface area (Å²) < 4.78 is 6.92. The first-order valence-electron chi connectivity index (χ1n) is 6.83. The number of anilines is 1. The lowest BCUT2D eigenvalue weighted by Crippen LogP contribution is -2.16. The van der Waals surface area contributed by atoms with Gasteiger partial charge in [0, 0.05) is 16.1 Å². The zero-order chi connectivity index (χ0) is 17.7. The van der Waals surface area contributed by atoms with Crippen LogP contribution in [0.1, 0.15) is 15.9 Å². The molecule has 2 aromatic rings. The molecule has 0 saturated carbocycles. The number of para-hydroxylation sites is 1. The molecule has 24 heavy (non-hydrogen) atoms. The summed E-state index contributed by atoms with van der Waals surface area (Å²) in [5, 5.41) is 2.64. The van der Waals surface area contributed by atoms with Crippen LogP contribution in [0, 0.1) is 0 Å². The van der Waals surface area contributed by atoms with Crippen molar-refractivity contribution in [2.75, 3.05) is 12.4 Å². The van der Waals surface area contributed by atoms with Crippen molar-refractivity contribution >= 4 is 55.4 Å². The summed E-state index contributed by atoms with van der Waals surface area (Å²) >= 11 is 6.79. The number of rotatable bonds is 5. The second kappa shape index (κ2) is 8.12. The molecule has 0 saturated heterocycles. The number of primary amides is 1. The Morgan fingerprint density at radius 1 is 1.21 bits per heavy atom. The molecule has 0 heterocycles. The van der Waals surface area contributed by atoms with Gasteiger partial charge in [0.15, 0.2) is 0 Å². The number of benzene rings is 2. The van der Waals surface area contributed by atoms with Crippen LogP contribution in [0.5, 0.6) is 5.75 Å². The maximum atomic E-state index is 12.1. The predicted octanol–water partition coefficient (Wildman–Crippen LogP) is 3.97. The number of halogens is 2. The van der Waals surface area contributed by atoms with Crippen molar-refractivity contribution in [3.05, 3.63) is 62.5 Å². The molecular weight excluding hydrogens is 440 g/mol. The van der Waals surface area contributed by atoms with E-state index in [1.54, 1.807) is 37.5 Å². The van der Waals surface area contributed by atoms with Crippen LogP contribution in [0.2, 0.25) is 0 Å². The zero-order valence-corrected chi connectivity index (χ0v) is 15.8.